The summed E-state index contributed by atoms with van der Waals surface area (Å²) in [6.07, 6.45) is 4.79. The third-order valence-electron chi connectivity index (χ3n) is 5.70. The molecule has 4 rings (SSSR count). The van der Waals surface area contributed by atoms with Gasteiger partial charge in [-0.15, -0.1) is 0 Å². The summed E-state index contributed by atoms with van der Waals surface area (Å²) >= 11 is 3.63. The van der Waals surface area contributed by atoms with Crippen molar-refractivity contribution in [1.29, 1.82) is 0 Å². The second-order valence-electron chi connectivity index (χ2n) is 7.11. The summed E-state index contributed by atoms with van der Waals surface area (Å²) in [4.78, 5) is 15.4. The first-order valence-electron chi connectivity index (χ1n) is 8.12. The Labute approximate surface area is 135 Å². The van der Waals surface area contributed by atoms with Crippen molar-refractivity contribution in [3.63, 3.8) is 0 Å². The van der Waals surface area contributed by atoms with Crippen LogP contribution in [0.2, 0.25) is 0 Å². The molecular formula is C18H22BrNO. The minimum atomic E-state index is 0.262. The largest absolute Gasteiger partial charge is 0.345 e. The van der Waals surface area contributed by atoms with Crippen molar-refractivity contribution in [3.05, 3.63) is 35.4 Å². The van der Waals surface area contributed by atoms with Crippen LogP contribution < -0.4 is 0 Å². The van der Waals surface area contributed by atoms with E-state index in [0.717, 1.165) is 13.0 Å². The Morgan fingerprint density at radius 1 is 1.33 bits per heavy atom. The summed E-state index contributed by atoms with van der Waals surface area (Å²) in [5, 5.41) is 0. The highest BCUT2D eigenvalue weighted by Crippen LogP contribution is 2.60. The monoisotopic (exact) mass is 347 g/mol. The molecule has 0 heterocycles. The van der Waals surface area contributed by atoms with E-state index in [-0.39, 0.29) is 5.92 Å². The van der Waals surface area contributed by atoms with Gasteiger partial charge < -0.3 is 4.90 Å². The van der Waals surface area contributed by atoms with Crippen LogP contribution in [-0.4, -0.2) is 29.2 Å². The predicted molar refractivity (Wildman–Crippen MR) is 87.6 cm³/mol. The number of nitrogens with zero attached hydrogens (tertiary/aromatic N) is 1. The maximum absolute atomic E-state index is 12.8. The molecule has 112 valence electrons. The van der Waals surface area contributed by atoms with Crippen LogP contribution >= 0.6 is 15.9 Å². The molecule has 3 aliphatic rings. The van der Waals surface area contributed by atoms with Gasteiger partial charge in [0.2, 0.25) is 5.91 Å². The summed E-state index contributed by atoms with van der Waals surface area (Å²) in [5.41, 5.74) is 2.92. The van der Waals surface area contributed by atoms with Crippen LogP contribution in [-0.2, 0) is 11.2 Å². The van der Waals surface area contributed by atoms with Gasteiger partial charge in [0.25, 0.3) is 0 Å². The minimum Gasteiger partial charge on any atom is -0.345 e. The number of hydrogen-bond donors (Lipinski definition) is 0. The zero-order valence-corrected chi connectivity index (χ0v) is 14.1. The molecule has 1 aromatic rings. The number of amides is 1. The normalized spacial score (nSPS) is 36.2. The molecule has 2 fully saturated rings. The molecule has 2 saturated carbocycles. The Balaban J connectivity index is 1.43. The third kappa shape index (κ3) is 2.34. The van der Waals surface area contributed by atoms with E-state index in [0.29, 0.717) is 28.5 Å². The third-order valence-corrected chi connectivity index (χ3v) is 6.45. The Morgan fingerprint density at radius 2 is 2.10 bits per heavy atom. The smallest absolute Gasteiger partial charge is 0.226 e. The van der Waals surface area contributed by atoms with Crippen LogP contribution in [0.15, 0.2) is 24.3 Å². The van der Waals surface area contributed by atoms with Gasteiger partial charge in [-0.05, 0) is 54.6 Å². The van der Waals surface area contributed by atoms with E-state index in [2.05, 4.69) is 40.2 Å². The average Bonchev–Trinajstić information content (AvgIpc) is 3.19. The molecule has 2 nitrogen and oxygen atoms in total. The van der Waals surface area contributed by atoms with Gasteiger partial charge in [-0.1, -0.05) is 40.2 Å². The fourth-order valence-electron chi connectivity index (χ4n) is 4.44. The van der Waals surface area contributed by atoms with Crippen molar-refractivity contribution in [3.8, 4) is 0 Å². The Kier molecular flexibility index (Phi) is 3.36. The predicted octanol–water partition coefficient (Wildman–Crippen LogP) is 3.59. The van der Waals surface area contributed by atoms with Crippen LogP contribution in [0.25, 0.3) is 0 Å². The lowest BCUT2D eigenvalue weighted by Crippen LogP contribution is -2.38. The minimum absolute atomic E-state index is 0.262. The number of rotatable bonds is 3. The van der Waals surface area contributed by atoms with Gasteiger partial charge in [0.15, 0.2) is 0 Å². The van der Waals surface area contributed by atoms with E-state index in [1.54, 1.807) is 0 Å². The molecule has 0 aromatic heterocycles. The fraction of sp³-hybridized carbons (Fsp3) is 0.611. The second kappa shape index (κ2) is 5.12. The number of benzene rings is 1. The summed E-state index contributed by atoms with van der Waals surface area (Å²) in [6, 6.07) is 8.72. The second-order valence-corrected chi connectivity index (χ2v) is 8.40. The summed E-state index contributed by atoms with van der Waals surface area (Å²) in [5.74, 6) is 2.48. The van der Waals surface area contributed by atoms with Gasteiger partial charge >= 0.3 is 0 Å². The van der Waals surface area contributed by atoms with Crippen LogP contribution in [0.4, 0.5) is 0 Å². The average molecular weight is 348 g/mol. The summed E-state index contributed by atoms with van der Waals surface area (Å²) in [6.45, 7) is 0.943. The highest BCUT2D eigenvalue weighted by atomic mass is 79.9. The number of aryl methyl sites for hydroxylation is 1. The van der Waals surface area contributed by atoms with Crippen molar-refractivity contribution < 1.29 is 4.79 Å². The molecule has 3 atom stereocenters. The summed E-state index contributed by atoms with van der Waals surface area (Å²) < 4.78 is 0. The highest BCUT2D eigenvalue weighted by Gasteiger charge is 2.57. The lowest BCUT2D eigenvalue weighted by atomic mass is 9.85. The van der Waals surface area contributed by atoms with Gasteiger partial charge in [0.05, 0.1) is 0 Å². The van der Waals surface area contributed by atoms with Gasteiger partial charge in [-0.2, -0.15) is 0 Å². The molecule has 3 unspecified atom stereocenters. The van der Waals surface area contributed by atoms with Crippen molar-refractivity contribution in [2.24, 2.45) is 17.8 Å². The highest BCUT2D eigenvalue weighted by molar-refractivity contribution is 9.09. The molecule has 0 aliphatic heterocycles. The fourth-order valence-corrected chi connectivity index (χ4v) is 5.50. The molecule has 3 heteroatoms. The Bertz CT molecular complexity index is 566. The maximum atomic E-state index is 12.8. The first kappa shape index (κ1) is 13.8. The maximum Gasteiger partial charge on any atom is 0.226 e. The number of halogens is 1. The van der Waals surface area contributed by atoms with Crippen LogP contribution in [0.3, 0.4) is 0 Å². The van der Waals surface area contributed by atoms with Gasteiger partial charge in [-0.3, -0.25) is 4.79 Å². The lowest BCUT2D eigenvalue weighted by Gasteiger charge is -2.34. The van der Waals surface area contributed by atoms with Crippen molar-refractivity contribution >= 4 is 21.8 Å². The molecule has 0 saturated heterocycles. The van der Waals surface area contributed by atoms with E-state index in [4.69, 9.17) is 0 Å². The SMILES string of the molecule is CN(CC1CC(Br)C1)C(=O)C1C2CCc3ccccc3C21. The molecule has 0 spiro atoms. The first-order valence-corrected chi connectivity index (χ1v) is 9.03. The molecule has 0 bridgehead atoms. The van der Waals surface area contributed by atoms with E-state index >= 15 is 0 Å². The molecule has 0 radical (unpaired) electrons. The summed E-state index contributed by atoms with van der Waals surface area (Å²) in [7, 11) is 2.00. The number of carbonyl (C=O) groups is 1. The van der Waals surface area contributed by atoms with Crippen molar-refractivity contribution in [2.45, 2.75) is 36.4 Å². The topological polar surface area (TPSA) is 20.3 Å². The van der Waals surface area contributed by atoms with Gasteiger partial charge in [-0.25, -0.2) is 0 Å². The van der Waals surface area contributed by atoms with Crippen molar-refractivity contribution in [2.75, 3.05) is 13.6 Å². The quantitative estimate of drug-likeness (QED) is 0.765. The van der Waals surface area contributed by atoms with Gasteiger partial charge in [0, 0.05) is 24.3 Å². The number of carbonyl (C=O) groups excluding carboxylic acids is 1. The van der Waals surface area contributed by atoms with Crippen LogP contribution in [0, 0.1) is 17.8 Å². The van der Waals surface area contributed by atoms with E-state index in [1.165, 1.54) is 30.4 Å². The van der Waals surface area contributed by atoms with Crippen LogP contribution in [0.5, 0.6) is 0 Å². The zero-order valence-electron chi connectivity index (χ0n) is 12.5. The Morgan fingerprint density at radius 3 is 2.86 bits per heavy atom. The first-order chi connectivity index (χ1) is 10.1. The zero-order chi connectivity index (χ0) is 14.6. The number of fused-ring (bicyclic) bond motifs is 3. The molecule has 1 aromatic carbocycles. The van der Waals surface area contributed by atoms with Crippen molar-refractivity contribution in [1.82, 2.24) is 4.90 Å². The molecule has 3 aliphatic carbocycles. The lowest BCUT2D eigenvalue weighted by molar-refractivity contribution is -0.132. The van der Waals surface area contributed by atoms with Crippen LogP contribution in [0.1, 0.15) is 36.3 Å². The Hall–Kier alpha value is -0.830. The number of hydrogen-bond acceptors (Lipinski definition) is 1. The molecule has 21 heavy (non-hydrogen) atoms. The standard InChI is InChI=1S/C18H22BrNO/c1-20(10-11-8-13(19)9-11)18(21)17-15-7-6-12-4-2-3-5-14(12)16(15)17/h2-5,11,13,15-17H,6-10H2,1H3. The number of alkyl halides is 1. The van der Waals surface area contributed by atoms with Gasteiger partial charge in [0.1, 0.15) is 0 Å². The van der Waals surface area contributed by atoms with E-state index in [9.17, 15) is 4.79 Å². The van der Waals surface area contributed by atoms with E-state index < -0.39 is 0 Å². The molecular weight excluding hydrogens is 326 g/mol. The van der Waals surface area contributed by atoms with E-state index in [1.807, 2.05) is 11.9 Å². The molecule has 1 amide bonds. The molecule has 0 N–H and O–H groups in total.